The second-order valence-corrected chi connectivity index (χ2v) is 7.55. The van der Waals surface area contributed by atoms with E-state index in [1.165, 1.54) is 6.42 Å². The third-order valence-electron chi connectivity index (χ3n) is 4.31. The number of nitriles is 1. The second kappa shape index (κ2) is 7.07. The number of nitrogens with zero attached hydrogens (tertiary/aromatic N) is 2. The molecule has 5 nitrogen and oxygen atoms in total. The summed E-state index contributed by atoms with van der Waals surface area (Å²) in [5, 5.41) is 12.4. The van der Waals surface area contributed by atoms with Gasteiger partial charge in [-0.2, -0.15) is 13.7 Å². The van der Waals surface area contributed by atoms with E-state index < -0.39 is 15.4 Å². The number of hydrogen-bond acceptors (Lipinski definition) is 5. The van der Waals surface area contributed by atoms with Crippen LogP contribution in [0.25, 0.3) is 0 Å². The van der Waals surface area contributed by atoms with Crippen molar-refractivity contribution in [1.82, 2.24) is 0 Å². The molecule has 2 saturated carbocycles. The summed E-state index contributed by atoms with van der Waals surface area (Å²) in [6.45, 7) is 0. The van der Waals surface area contributed by atoms with Crippen molar-refractivity contribution in [2.75, 3.05) is 0 Å². The molecule has 0 aromatic carbocycles. The van der Waals surface area contributed by atoms with Gasteiger partial charge in [-0.15, -0.1) is 0 Å². The fraction of sp³-hybridized carbons (Fsp3) is 0.857. The highest BCUT2D eigenvalue weighted by Gasteiger charge is 2.30. The van der Waals surface area contributed by atoms with Gasteiger partial charge in [0.05, 0.1) is 5.25 Å². The summed E-state index contributed by atoms with van der Waals surface area (Å²) in [6, 6.07) is 2.01. The maximum Gasteiger partial charge on any atom is 0.331 e. The maximum atomic E-state index is 12.1. The highest BCUT2D eigenvalue weighted by molar-refractivity contribution is 7.87. The largest absolute Gasteiger partial charge is 0.331 e. The quantitative estimate of drug-likeness (QED) is 0.590. The Morgan fingerprint density at radius 2 is 1.55 bits per heavy atom. The van der Waals surface area contributed by atoms with Crippen LogP contribution in [0.1, 0.15) is 64.2 Å². The zero-order valence-electron chi connectivity index (χ0n) is 11.8. The molecule has 20 heavy (non-hydrogen) atoms. The van der Waals surface area contributed by atoms with Crippen LogP contribution < -0.4 is 0 Å². The van der Waals surface area contributed by atoms with E-state index in [1.807, 2.05) is 6.07 Å². The molecular formula is C14H22N2O3S. The van der Waals surface area contributed by atoms with Gasteiger partial charge < -0.3 is 0 Å². The second-order valence-electron chi connectivity index (χ2n) is 5.75. The molecule has 0 atom stereocenters. The molecule has 2 aliphatic rings. The molecule has 0 saturated heterocycles. The Morgan fingerprint density at radius 3 is 2.10 bits per heavy atom. The van der Waals surface area contributed by atoms with E-state index in [1.54, 1.807) is 0 Å². The first-order valence-electron chi connectivity index (χ1n) is 7.54. The molecular weight excluding hydrogens is 276 g/mol. The molecule has 0 unspecified atom stereocenters. The molecule has 6 heteroatoms. The van der Waals surface area contributed by atoms with Crippen molar-refractivity contribution in [1.29, 1.82) is 5.26 Å². The van der Waals surface area contributed by atoms with Gasteiger partial charge in [-0.25, -0.2) is 0 Å². The SMILES string of the molecule is N#CC(=NOS(=O)(=O)C1CCCCC1)C1CCCCC1. The van der Waals surface area contributed by atoms with Crippen LogP contribution in [0.15, 0.2) is 5.16 Å². The van der Waals surface area contributed by atoms with Crippen molar-refractivity contribution < 1.29 is 12.7 Å². The molecule has 0 radical (unpaired) electrons. The predicted octanol–water partition coefficient (Wildman–Crippen LogP) is 3.13. The lowest BCUT2D eigenvalue weighted by molar-refractivity contribution is 0.315. The Hall–Kier alpha value is -1.09. The van der Waals surface area contributed by atoms with Crippen molar-refractivity contribution in [2.45, 2.75) is 69.5 Å². The highest BCUT2D eigenvalue weighted by Crippen LogP contribution is 2.27. The molecule has 0 N–H and O–H groups in total. The van der Waals surface area contributed by atoms with E-state index in [9.17, 15) is 8.42 Å². The van der Waals surface area contributed by atoms with E-state index in [0.29, 0.717) is 12.8 Å². The lowest BCUT2D eigenvalue weighted by Gasteiger charge is -2.21. The number of rotatable bonds is 4. The Balaban J connectivity index is 1.99. The van der Waals surface area contributed by atoms with Crippen LogP contribution >= 0.6 is 0 Å². The average molecular weight is 298 g/mol. The van der Waals surface area contributed by atoms with Gasteiger partial charge in [-0.05, 0) is 25.7 Å². The smallest absolute Gasteiger partial charge is 0.267 e. The molecule has 112 valence electrons. The minimum atomic E-state index is -3.67. The Kier molecular flexibility index (Phi) is 5.41. The summed E-state index contributed by atoms with van der Waals surface area (Å²) < 4.78 is 28.9. The van der Waals surface area contributed by atoms with E-state index >= 15 is 0 Å². The Morgan fingerprint density at radius 1 is 1.00 bits per heavy atom. The summed E-state index contributed by atoms with van der Waals surface area (Å²) in [5.41, 5.74) is 0.240. The van der Waals surface area contributed by atoms with Gasteiger partial charge >= 0.3 is 10.1 Å². The van der Waals surface area contributed by atoms with Crippen LogP contribution in [-0.4, -0.2) is 19.4 Å². The summed E-state index contributed by atoms with van der Waals surface area (Å²) in [7, 11) is -3.67. The summed E-state index contributed by atoms with van der Waals surface area (Å²) in [6.07, 6.45) is 9.33. The third kappa shape index (κ3) is 3.95. The molecule has 0 amide bonds. The summed E-state index contributed by atoms with van der Waals surface area (Å²) in [5.74, 6) is 0.0651. The normalized spacial score (nSPS) is 23.2. The lowest BCUT2D eigenvalue weighted by Crippen LogP contribution is -2.25. The first kappa shape index (κ1) is 15.3. The van der Waals surface area contributed by atoms with Gasteiger partial charge in [0.15, 0.2) is 5.71 Å². The molecule has 0 aromatic heterocycles. The standard InChI is InChI=1S/C14H22N2O3S/c15-11-14(12-7-3-1-4-8-12)16-19-20(17,18)13-9-5-2-6-10-13/h12-13H,1-10H2. The monoisotopic (exact) mass is 298 g/mol. The van der Waals surface area contributed by atoms with Crippen molar-refractivity contribution in [3.8, 4) is 6.07 Å². The van der Waals surface area contributed by atoms with Crippen LogP contribution in [0.5, 0.6) is 0 Å². The van der Waals surface area contributed by atoms with Crippen LogP contribution in [0.4, 0.5) is 0 Å². The van der Waals surface area contributed by atoms with Gasteiger partial charge in [0.25, 0.3) is 0 Å². The summed E-state index contributed by atoms with van der Waals surface area (Å²) >= 11 is 0. The lowest BCUT2D eigenvalue weighted by atomic mass is 9.86. The molecule has 2 fully saturated rings. The average Bonchev–Trinajstić information content (AvgIpc) is 2.50. The Bertz CT molecular complexity index is 481. The van der Waals surface area contributed by atoms with Gasteiger partial charge in [0.1, 0.15) is 6.07 Å². The Labute approximate surface area is 121 Å². The van der Waals surface area contributed by atoms with Gasteiger partial charge in [-0.1, -0.05) is 43.7 Å². The summed E-state index contributed by atoms with van der Waals surface area (Å²) in [4.78, 5) is 0. The molecule has 0 spiro atoms. The highest BCUT2D eigenvalue weighted by atomic mass is 32.2. The van der Waals surface area contributed by atoms with Gasteiger partial charge in [0.2, 0.25) is 0 Å². The van der Waals surface area contributed by atoms with Crippen LogP contribution in [0, 0.1) is 17.2 Å². The fourth-order valence-electron chi connectivity index (χ4n) is 3.07. The van der Waals surface area contributed by atoms with Gasteiger partial charge in [-0.3, -0.25) is 4.28 Å². The minimum Gasteiger partial charge on any atom is -0.267 e. The maximum absolute atomic E-state index is 12.1. The van der Waals surface area contributed by atoms with E-state index in [4.69, 9.17) is 9.55 Å². The first-order valence-corrected chi connectivity index (χ1v) is 9.01. The number of hydrogen-bond donors (Lipinski definition) is 0. The zero-order chi connectivity index (χ0) is 14.4. The molecule has 2 rings (SSSR count). The topological polar surface area (TPSA) is 79.5 Å². The van der Waals surface area contributed by atoms with Crippen LogP contribution in [0.2, 0.25) is 0 Å². The molecule has 0 aromatic rings. The van der Waals surface area contributed by atoms with E-state index in [2.05, 4.69) is 5.16 Å². The van der Waals surface area contributed by atoms with Gasteiger partial charge in [0, 0.05) is 5.92 Å². The fourth-order valence-corrected chi connectivity index (χ4v) is 4.29. The molecule has 0 aliphatic heterocycles. The van der Waals surface area contributed by atoms with E-state index in [-0.39, 0.29) is 11.6 Å². The van der Waals surface area contributed by atoms with Crippen molar-refractivity contribution in [3.05, 3.63) is 0 Å². The molecule has 0 heterocycles. The molecule has 2 aliphatic carbocycles. The predicted molar refractivity (Wildman–Crippen MR) is 76.5 cm³/mol. The van der Waals surface area contributed by atoms with Crippen LogP contribution in [0.3, 0.4) is 0 Å². The van der Waals surface area contributed by atoms with Crippen molar-refractivity contribution >= 4 is 15.8 Å². The van der Waals surface area contributed by atoms with Crippen molar-refractivity contribution in [3.63, 3.8) is 0 Å². The zero-order valence-corrected chi connectivity index (χ0v) is 12.6. The third-order valence-corrected chi connectivity index (χ3v) is 5.88. The first-order chi connectivity index (χ1) is 9.63. The van der Waals surface area contributed by atoms with Crippen molar-refractivity contribution in [2.24, 2.45) is 11.1 Å². The molecule has 0 bridgehead atoms. The van der Waals surface area contributed by atoms with Crippen LogP contribution in [-0.2, 0) is 14.4 Å². The minimum absolute atomic E-state index is 0.0651. The van der Waals surface area contributed by atoms with E-state index in [0.717, 1.165) is 44.9 Å². The number of oxime groups is 1.